The quantitative estimate of drug-likeness (QED) is 0.784. The van der Waals surface area contributed by atoms with Gasteiger partial charge in [-0.25, -0.2) is 4.98 Å². The first-order valence-electron chi connectivity index (χ1n) is 6.57. The van der Waals surface area contributed by atoms with Crippen LogP contribution in [0.1, 0.15) is 16.8 Å². The number of aromatic nitrogens is 2. The minimum absolute atomic E-state index is 0.0364. The molecule has 21 heavy (non-hydrogen) atoms. The molecular weight excluding hydrogens is 334 g/mol. The molecule has 0 saturated carbocycles. The molecule has 5 nitrogen and oxygen atoms in total. The van der Waals surface area contributed by atoms with Crippen molar-refractivity contribution in [3.63, 3.8) is 0 Å². The maximum absolute atomic E-state index is 12.2. The highest BCUT2D eigenvalue weighted by atomic mass is 79.9. The highest BCUT2D eigenvalue weighted by Crippen LogP contribution is 2.33. The fourth-order valence-corrected chi connectivity index (χ4v) is 2.64. The fraction of sp³-hybridized carbons (Fsp3) is 0.267. The van der Waals surface area contributed by atoms with Gasteiger partial charge in [0.1, 0.15) is 4.60 Å². The lowest BCUT2D eigenvalue weighted by molar-refractivity contribution is -0.121. The highest BCUT2D eigenvalue weighted by Gasteiger charge is 2.28. The third kappa shape index (κ3) is 2.63. The first-order valence-corrected chi connectivity index (χ1v) is 7.36. The summed E-state index contributed by atoms with van der Waals surface area (Å²) in [5.41, 5.74) is 3.07. The topological polar surface area (TPSA) is 55.3 Å². The number of halogens is 1. The lowest BCUT2D eigenvalue weighted by atomic mass is 10.1. The van der Waals surface area contributed by atoms with Gasteiger partial charge in [-0.3, -0.25) is 14.7 Å². The largest absolute Gasteiger partial charge is 0.480 e. The normalized spacial score (nSPS) is 13.9. The van der Waals surface area contributed by atoms with E-state index in [9.17, 15) is 4.79 Å². The van der Waals surface area contributed by atoms with E-state index in [0.29, 0.717) is 22.7 Å². The number of hydrogen-bond acceptors (Lipinski definition) is 4. The van der Waals surface area contributed by atoms with Gasteiger partial charge in [-0.2, -0.15) is 0 Å². The molecule has 3 heterocycles. The Bertz CT molecular complexity index is 698. The zero-order valence-corrected chi connectivity index (χ0v) is 13.3. The molecule has 0 bridgehead atoms. The van der Waals surface area contributed by atoms with Crippen LogP contribution in [-0.4, -0.2) is 22.5 Å². The van der Waals surface area contributed by atoms with E-state index in [1.807, 2.05) is 26.0 Å². The van der Waals surface area contributed by atoms with Crippen LogP contribution < -0.4 is 9.64 Å². The van der Waals surface area contributed by atoms with Gasteiger partial charge in [0, 0.05) is 11.9 Å². The molecule has 0 aromatic carbocycles. The number of pyridine rings is 2. The molecule has 0 fully saturated rings. The minimum Gasteiger partial charge on any atom is -0.480 e. The molecular formula is C15H14BrN3O2. The number of rotatable bonds is 2. The van der Waals surface area contributed by atoms with Gasteiger partial charge in [-0.1, -0.05) is 0 Å². The maximum atomic E-state index is 12.2. The molecule has 1 aliphatic rings. The number of amides is 1. The minimum atomic E-state index is -0.101. The van der Waals surface area contributed by atoms with Crippen LogP contribution in [0.2, 0.25) is 0 Å². The first-order chi connectivity index (χ1) is 10.1. The highest BCUT2D eigenvalue weighted by molar-refractivity contribution is 9.10. The summed E-state index contributed by atoms with van der Waals surface area (Å²) in [4.78, 5) is 22.6. The van der Waals surface area contributed by atoms with Gasteiger partial charge in [0.2, 0.25) is 0 Å². The average Bonchev–Trinajstić information content (AvgIpc) is 2.45. The molecule has 0 unspecified atom stereocenters. The molecule has 108 valence electrons. The van der Waals surface area contributed by atoms with Crippen molar-refractivity contribution in [1.29, 1.82) is 0 Å². The molecule has 0 atom stereocenters. The van der Waals surface area contributed by atoms with Gasteiger partial charge in [0.25, 0.3) is 5.91 Å². The summed E-state index contributed by atoms with van der Waals surface area (Å²) in [7, 11) is 0. The summed E-state index contributed by atoms with van der Waals surface area (Å²) in [6, 6.07) is 5.56. The number of carbonyl (C=O) groups is 1. The maximum Gasteiger partial charge on any atom is 0.266 e. The third-order valence-corrected chi connectivity index (χ3v) is 3.98. The van der Waals surface area contributed by atoms with E-state index in [0.717, 1.165) is 16.8 Å². The predicted octanol–water partition coefficient (Wildman–Crippen LogP) is 2.78. The van der Waals surface area contributed by atoms with Gasteiger partial charge in [-0.05, 0) is 59.1 Å². The fourth-order valence-electron chi connectivity index (χ4n) is 2.34. The van der Waals surface area contributed by atoms with Crippen molar-refractivity contribution >= 4 is 27.7 Å². The summed E-state index contributed by atoms with van der Waals surface area (Å²) in [6.45, 7) is 4.45. The van der Waals surface area contributed by atoms with Gasteiger partial charge >= 0.3 is 0 Å². The van der Waals surface area contributed by atoms with Crippen molar-refractivity contribution in [3.8, 4) is 5.75 Å². The second-order valence-corrected chi connectivity index (χ2v) is 5.73. The second kappa shape index (κ2) is 5.44. The van der Waals surface area contributed by atoms with Crippen molar-refractivity contribution in [1.82, 2.24) is 9.97 Å². The predicted molar refractivity (Wildman–Crippen MR) is 82.3 cm³/mol. The van der Waals surface area contributed by atoms with Crippen LogP contribution in [-0.2, 0) is 11.3 Å². The molecule has 3 rings (SSSR count). The number of carbonyl (C=O) groups excluding carboxylic acids is 1. The van der Waals surface area contributed by atoms with Crippen molar-refractivity contribution < 1.29 is 9.53 Å². The van der Waals surface area contributed by atoms with Crippen LogP contribution in [0.4, 0.5) is 5.82 Å². The Kier molecular flexibility index (Phi) is 3.63. The SMILES string of the molecule is Cc1ccnc(C)c1CN1C(=O)COc2ccc(Br)nc21. The lowest BCUT2D eigenvalue weighted by Gasteiger charge is -2.29. The number of nitrogens with zero attached hydrogens (tertiary/aromatic N) is 3. The van der Waals surface area contributed by atoms with Crippen LogP contribution in [0.3, 0.4) is 0 Å². The van der Waals surface area contributed by atoms with Gasteiger partial charge in [0.05, 0.1) is 6.54 Å². The summed E-state index contributed by atoms with van der Waals surface area (Å²) in [6.07, 6.45) is 1.78. The van der Waals surface area contributed by atoms with Crippen LogP contribution in [0.5, 0.6) is 5.75 Å². The number of fused-ring (bicyclic) bond motifs is 1. The van der Waals surface area contributed by atoms with E-state index >= 15 is 0 Å². The summed E-state index contributed by atoms with van der Waals surface area (Å²) in [5, 5.41) is 0. The smallest absolute Gasteiger partial charge is 0.266 e. The van der Waals surface area contributed by atoms with Gasteiger partial charge in [-0.15, -0.1) is 0 Å². The Balaban J connectivity index is 2.03. The van der Waals surface area contributed by atoms with Crippen LogP contribution in [0, 0.1) is 13.8 Å². The molecule has 0 aliphatic carbocycles. The molecule has 0 N–H and O–H groups in total. The van der Waals surface area contributed by atoms with Crippen LogP contribution >= 0.6 is 15.9 Å². The second-order valence-electron chi connectivity index (χ2n) is 4.92. The van der Waals surface area contributed by atoms with Crippen molar-refractivity contribution in [2.75, 3.05) is 11.5 Å². The van der Waals surface area contributed by atoms with E-state index < -0.39 is 0 Å². The Morgan fingerprint density at radius 3 is 2.90 bits per heavy atom. The van der Waals surface area contributed by atoms with Gasteiger partial charge in [0.15, 0.2) is 18.2 Å². The van der Waals surface area contributed by atoms with E-state index in [1.54, 1.807) is 17.2 Å². The molecule has 1 aliphatic heterocycles. The summed E-state index contributed by atoms with van der Waals surface area (Å²) in [5.74, 6) is 1.07. The molecule has 1 amide bonds. The monoisotopic (exact) mass is 347 g/mol. The standard InChI is InChI=1S/C15H14BrN3O2/c1-9-5-6-17-10(2)11(9)7-19-14(20)8-21-12-3-4-13(16)18-15(12)19/h3-6H,7-8H2,1-2H3. The molecule has 6 heteroatoms. The van der Waals surface area contributed by atoms with Crippen molar-refractivity contribution in [2.24, 2.45) is 0 Å². The van der Waals surface area contributed by atoms with E-state index in [2.05, 4.69) is 25.9 Å². The Morgan fingerprint density at radius 1 is 1.33 bits per heavy atom. The number of hydrogen-bond donors (Lipinski definition) is 0. The number of ether oxygens (including phenoxy) is 1. The van der Waals surface area contributed by atoms with E-state index in [1.165, 1.54) is 0 Å². The van der Waals surface area contributed by atoms with Crippen LogP contribution in [0.15, 0.2) is 29.0 Å². The molecule has 0 saturated heterocycles. The average molecular weight is 348 g/mol. The summed E-state index contributed by atoms with van der Waals surface area (Å²) >= 11 is 3.34. The third-order valence-electron chi connectivity index (χ3n) is 3.53. The van der Waals surface area contributed by atoms with Crippen molar-refractivity contribution in [2.45, 2.75) is 20.4 Å². The number of anilines is 1. The zero-order chi connectivity index (χ0) is 15.0. The van der Waals surface area contributed by atoms with Crippen LogP contribution in [0.25, 0.3) is 0 Å². The van der Waals surface area contributed by atoms with E-state index in [-0.39, 0.29) is 12.5 Å². The molecule has 2 aromatic heterocycles. The molecule has 0 spiro atoms. The van der Waals surface area contributed by atoms with E-state index in [4.69, 9.17) is 4.74 Å². The summed E-state index contributed by atoms with van der Waals surface area (Å²) < 4.78 is 6.10. The zero-order valence-electron chi connectivity index (χ0n) is 11.8. The molecule has 2 aromatic rings. The molecule has 0 radical (unpaired) electrons. The Hall–Kier alpha value is -1.95. The number of aryl methyl sites for hydroxylation is 2. The lowest BCUT2D eigenvalue weighted by Crippen LogP contribution is -2.39. The first kappa shape index (κ1) is 14.0. The van der Waals surface area contributed by atoms with Gasteiger partial charge < -0.3 is 4.74 Å². The Morgan fingerprint density at radius 2 is 2.14 bits per heavy atom. The van der Waals surface area contributed by atoms with Crippen molar-refractivity contribution in [3.05, 3.63) is 45.8 Å². The Labute approximate surface area is 131 Å².